The number of aromatic nitrogens is 3. The third kappa shape index (κ3) is 5.32. The highest BCUT2D eigenvalue weighted by atomic mass is 16.5. The van der Waals surface area contributed by atoms with Crippen molar-refractivity contribution in [1.82, 2.24) is 20.3 Å². The number of para-hydroxylation sites is 1. The summed E-state index contributed by atoms with van der Waals surface area (Å²) in [5, 5.41) is 10.3. The first kappa shape index (κ1) is 25.3. The number of ether oxygens (including phenoxy) is 2. The summed E-state index contributed by atoms with van der Waals surface area (Å²) in [5.74, 6) is 0.520. The lowest BCUT2D eigenvalue weighted by atomic mass is 10.0. The molecular formula is C28H29N7O3. The Hall–Kier alpha value is -4.38. The number of carbonyl (C=O) groups is 1. The highest BCUT2D eigenvalue weighted by Gasteiger charge is 2.28. The first-order valence-electron chi connectivity index (χ1n) is 12.3. The Kier molecular flexibility index (Phi) is 7.55. The predicted molar refractivity (Wildman–Crippen MR) is 147 cm³/mol. The molecule has 1 fully saturated rings. The number of nitrogens with one attached hydrogen (secondary N) is 3. The largest absolute Gasteiger partial charge is 0.480 e. The van der Waals surface area contributed by atoms with Crippen LogP contribution >= 0.6 is 0 Å². The molecule has 1 aliphatic rings. The molecule has 4 aromatic rings. The maximum Gasteiger partial charge on any atom is 0.247 e. The standard InChI is InChI=1S/C28H29N7O3/c1-3-24(36)32-19-8-4-6-17(14-19)20-9-5-7-18-16-31-28(35-25(18)20)34-22-11-10-21(33-27(22)37-2)26-23(15-29)30-12-13-38-26/h3-11,14,16,23,26,30H,1,12-13,15,29H2,2H3,(H,32,36)(H,31,34,35)/t23?,26-/m0/s1. The van der Waals surface area contributed by atoms with E-state index in [9.17, 15) is 4.79 Å². The lowest BCUT2D eigenvalue weighted by Crippen LogP contribution is -2.48. The van der Waals surface area contributed by atoms with E-state index in [2.05, 4.69) is 32.5 Å². The van der Waals surface area contributed by atoms with Crippen LogP contribution in [0.4, 0.5) is 17.3 Å². The van der Waals surface area contributed by atoms with Crippen molar-refractivity contribution < 1.29 is 14.3 Å². The first-order valence-corrected chi connectivity index (χ1v) is 12.3. The van der Waals surface area contributed by atoms with Crippen LogP contribution in [-0.4, -0.2) is 53.7 Å². The maximum absolute atomic E-state index is 11.8. The van der Waals surface area contributed by atoms with Crippen LogP contribution in [0.15, 0.2) is 73.4 Å². The number of hydrogen-bond donors (Lipinski definition) is 4. The second kappa shape index (κ2) is 11.3. The molecule has 0 saturated carbocycles. The van der Waals surface area contributed by atoms with Crippen molar-refractivity contribution in [3.05, 3.63) is 79.1 Å². The Balaban J connectivity index is 1.46. The van der Waals surface area contributed by atoms with Crippen molar-refractivity contribution in [3.63, 3.8) is 0 Å². The van der Waals surface area contributed by atoms with Gasteiger partial charge in [-0.2, -0.15) is 0 Å². The van der Waals surface area contributed by atoms with Crippen molar-refractivity contribution in [2.45, 2.75) is 12.1 Å². The van der Waals surface area contributed by atoms with E-state index in [1.54, 1.807) is 13.3 Å². The molecule has 2 aromatic carbocycles. The van der Waals surface area contributed by atoms with Gasteiger partial charge in [-0.25, -0.2) is 15.0 Å². The van der Waals surface area contributed by atoms with Gasteiger partial charge in [0.1, 0.15) is 11.8 Å². The van der Waals surface area contributed by atoms with E-state index in [0.29, 0.717) is 36.4 Å². The highest BCUT2D eigenvalue weighted by Crippen LogP contribution is 2.32. The van der Waals surface area contributed by atoms with Crippen LogP contribution in [-0.2, 0) is 9.53 Å². The van der Waals surface area contributed by atoms with Crippen molar-refractivity contribution in [2.24, 2.45) is 5.73 Å². The SMILES string of the molecule is C=CC(=O)Nc1cccc(-c2cccc3cnc(Nc4ccc([C@@H]5OCCNC5CN)nc4OC)nc23)c1. The Morgan fingerprint density at radius 1 is 1.24 bits per heavy atom. The minimum absolute atomic E-state index is 0.0226. The number of hydrogen-bond acceptors (Lipinski definition) is 9. The van der Waals surface area contributed by atoms with Gasteiger partial charge in [0, 0.05) is 35.9 Å². The monoisotopic (exact) mass is 511 g/mol. The van der Waals surface area contributed by atoms with Crippen molar-refractivity contribution in [1.29, 1.82) is 0 Å². The molecule has 1 amide bonds. The molecule has 2 aromatic heterocycles. The first-order chi connectivity index (χ1) is 18.6. The van der Waals surface area contributed by atoms with E-state index < -0.39 is 0 Å². The van der Waals surface area contributed by atoms with Crippen LogP contribution in [0.3, 0.4) is 0 Å². The number of benzene rings is 2. The lowest BCUT2D eigenvalue weighted by Gasteiger charge is -2.31. The van der Waals surface area contributed by atoms with Crippen LogP contribution in [0.1, 0.15) is 11.8 Å². The zero-order chi connectivity index (χ0) is 26.5. The van der Waals surface area contributed by atoms with E-state index in [4.69, 9.17) is 20.2 Å². The zero-order valence-electron chi connectivity index (χ0n) is 21.0. The summed E-state index contributed by atoms with van der Waals surface area (Å²) in [4.78, 5) is 25.7. The summed E-state index contributed by atoms with van der Waals surface area (Å²) in [7, 11) is 1.56. The third-order valence-electron chi connectivity index (χ3n) is 6.28. The van der Waals surface area contributed by atoms with Crippen LogP contribution < -0.4 is 26.4 Å². The van der Waals surface area contributed by atoms with Crippen molar-refractivity contribution in [2.75, 3.05) is 37.4 Å². The molecule has 0 aliphatic carbocycles. The fraction of sp³-hybridized carbons (Fsp3) is 0.214. The Bertz CT molecular complexity index is 1480. The molecule has 5 N–H and O–H groups in total. The molecular weight excluding hydrogens is 482 g/mol. The number of morpholine rings is 1. The van der Waals surface area contributed by atoms with E-state index in [-0.39, 0.29) is 18.1 Å². The fourth-order valence-corrected chi connectivity index (χ4v) is 4.44. The fourth-order valence-electron chi connectivity index (χ4n) is 4.44. The summed E-state index contributed by atoms with van der Waals surface area (Å²) in [6, 6.07) is 17.2. The van der Waals surface area contributed by atoms with E-state index in [1.165, 1.54) is 6.08 Å². The number of nitrogens with zero attached hydrogens (tertiary/aromatic N) is 3. The zero-order valence-corrected chi connectivity index (χ0v) is 21.0. The van der Waals surface area contributed by atoms with Crippen molar-refractivity contribution >= 4 is 34.1 Å². The third-order valence-corrected chi connectivity index (χ3v) is 6.28. The van der Waals surface area contributed by atoms with Gasteiger partial charge in [0.2, 0.25) is 17.7 Å². The molecule has 2 atom stereocenters. The second-order valence-corrected chi connectivity index (χ2v) is 8.72. The van der Waals surface area contributed by atoms with Crippen LogP contribution in [0.5, 0.6) is 5.88 Å². The Morgan fingerprint density at radius 3 is 2.92 bits per heavy atom. The molecule has 0 spiro atoms. The van der Waals surface area contributed by atoms with Gasteiger partial charge in [0.25, 0.3) is 0 Å². The molecule has 38 heavy (non-hydrogen) atoms. The molecule has 0 radical (unpaired) electrons. The number of nitrogens with two attached hydrogens (primary N) is 1. The second-order valence-electron chi connectivity index (χ2n) is 8.72. The van der Waals surface area contributed by atoms with Gasteiger partial charge in [-0.05, 0) is 35.9 Å². The van der Waals surface area contributed by atoms with Crippen LogP contribution in [0.2, 0.25) is 0 Å². The summed E-state index contributed by atoms with van der Waals surface area (Å²) in [6.45, 7) is 5.28. The number of amides is 1. The topological polar surface area (TPSA) is 136 Å². The van der Waals surface area contributed by atoms with E-state index in [1.807, 2.05) is 54.6 Å². The minimum Gasteiger partial charge on any atom is -0.480 e. The van der Waals surface area contributed by atoms with E-state index in [0.717, 1.165) is 34.3 Å². The van der Waals surface area contributed by atoms with Gasteiger partial charge in [-0.15, -0.1) is 0 Å². The molecule has 10 nitrogen and oxygen atoms in total. The van der Waals surface area contributed by atoms with Gasteiger partial charge >= 0.3 is 0 Å². The Labute approximate surface area is 220 Å². The number of pyridine rings is 1. The normalized spacial score (nSPS) is 17.1. The molecule has 194 valence electrons. The molecule has 1 aliphatic heterocycles. The molecule has 5 rings (SSSR count). The molecule has 1 saturated heterocycles. The average Bonchev–Trinajstić information content (AvgIpc) is 2.97. The van der Waals surface area contributed by atoms with Crippen molar-refractivity contribution in [3.8, 4) is 17.0 Å². The van der Waals surface area contributed by atoms with Gasteiger partial charge in [0.05, 0.1) is 31.0 Å². The highest BCUT2D eigenvalue weighted by molar-refractivity contribution is 6.00. The minimum atomic E-state index is -0.271. The maximum atomic E-state index is 11.8. The average molecular weight is 512 g/mol. The van der Waals surface area contributed by atoms with Gasteiger partial charge in [0.15, 0.2) is 0 Å². The molecule has 10 heteroatoms. The number of rotatable bonds is 8. The quantitative estimate of drug-likeness (QED) is 0.262. The summed E-state index contributed by atoms with van der Waals surface area (Å²) < 4.78 is 11.5. The number of anilines is 3. The molecule has 0 bridgehead atoms. The van der Waals surface area contributed by atoms with Crippen LogP contribution in [0, 0.1) is 0 Å². The lowest BCUT2D eigenvalue weighted by molar-refractivity contribution is -0.111. The van der Waals surface area contributed by atoms with Gasteiger partial charge in [-0.1, -0.05) is 36.9 Å². The summed E-state index contributed by atoms with van der Waals surface area (Å²) >= 11 is 0. The number of methoxy groups -OCH3 is 1. The van der Waals surface area contributed by atoms with Crippen LogP contribution in [0.25, 0.3) is 22.0 Å². The van der Waals surface area contributed by atoms with Gasteiger partial charge < -0.3 is 31.2 Å². The summed E-state index contributed by atoms with van der Waals surface area (Å²) in [5.41, 5.74) is 10.5. The molecule has 3 heterocycles. The summed E-state index contributed by atoms with van der Waals surface area (Å²) in [6.07, 6.45) is 2.74. The van der Waals surface area contributed by atoms with Gasteiger partial charge in [-0.3, -0.25) is 4.79 Å². The molecule has 1 unspecified atom stereocenters. The smallest absolute Gasteiger partial charge is 0.247 e. The predicted octanol–water partition coefficient (Wildman–Crippen LogP) is 3.56. The number of fused-ring (bicyclic) bond motifs is 1. The van der Waals surface area contributed by atoms with E-state index >= 15 is 0 Å². The Morgan fingerprint density at radius 2 is 2.11 bits per heavy atom. The number of carbonyl (C=O) groups excluding carboxylic acids is 1.